The first-order valence-electron chi connectivity index (χ1n) is 9.32. The van der Waals surface area contributed by atoms with Crippen molar-refractivity contribution >= 4 is 18.4 Å². The normalized spacial score (nSPS) is 11.5. The van der Waals surface area contributed by atoms with E-state index in [0.717, 1.165) is 22.6 Å². The van der Waals surface area contributed by atoms with Gasteiger partial charge in [-0.3, -0.25) is 0 Å². The van der Waals surface area contributed by atoms with E-state index in [-0.39, 0.29) is 5.75 Å². The molecule has 4 rings (SSSR count). The molecule has 0 spiro atoms. The molecule has 0 amide bonds. The Hall–Kier alpha value is -3.66. The van der Waals surface area contributed by atoms with Crippen LogP contribution in [0.1, 0.15) is 17.0 Å². The van der Waals surface area contributed by atoms with Crippen molar-refractivity contribution in [3.8, 4) is 22.8 Å². The van der Waals surface area contributed by atoms with Gasteiger partial charge in [0.25, 0.3) is 0 Å². The Morgan fingerprint density at radius 2 is 1.81 bits per heavy atom. The monoisotopic (exact) mass is 440 g/mol. The second-order valence-electron chi connectivity index (χ2n) is 6.64. The fraction of sp³-hybridized carbons (Fsp3) is 0.143. The van der Waals surface area contributed by atoms with Crippen LogP contribution in [-0.4, -0.2) is 37.5 Å². The van der Waals surface area contributed by atoms with Gasteiger partial charge in [-0.15, -0.1) is 0 Å². The number of benzene rings is 2. The zero-order chi connectivity index (χ0) is 22.0. The molecule has 0 unspecified atom stereocenters. The van der Waals surface area contributed by atoms with Crippen molar-refractivity contribution in [2.45, 2.75) is 20.5 Å². The summed E-state index contributed by atoms with van der Waals surface area (Å²) in [6.07, 6.45) is 1.68. The fourth-order valence-electron chi connectivity index (χ4n) is 3.15. The first kappa shape index (κ1) is 20.6. The zero-order valence-corrected chi connectivity index (χ0v) is 17.5. The summed E-state index contributed by atoms with van der Waals surface area (Å²) in [7, 11) is 0. The van der Waals surface area contributed by atoms with Crippen LogP contribution in [0.15, 0.2) is 59.7 Å². The van der Waals surface area contributed by atoms with Gasteiger partial charge in [0.2, 0.25) is 4.77 Å². The Labute approximate surface area is 181 Å². The van der Waals surface area contributed by atoms with E-state index in [9.17, 15) is 8.78 Å². The number of aryl methyl sites for hydroxylation is 1. The van der Waals surface area contributed by atoms with Crippen LogP contribution in [0.2, 0.25) is 0 Å². The molecule has 31 heavy (non-hydrogen) atoms. The summed E-state index contributed by atoms with van der Waals surface area (Å²) in [6, 6.07) is 15.9. The number of nitrogens with one attached hydrogen (secondary N) is 1. The first-order valence-corrected chi connectivity index (χ1v) is 9.73. The molecule has 0 bridgehead atoms. The van der Waals surface area contributed by atoms with Crippen molar-refractivity contribution in [2.24, 2.45) is 5.10 Å². The van der Waals surface area contributed by atoms with Crippen molar-refractivity contribution in [2.75, 3.05) is 0 Å². The molecule has 7 nitrogen and oxygen atoms in total. The highest BCUT2D eigenvalue weighted by atomic mass is 32.1. The van der Waals surface area contributed by atoms with Crippen LogP contribution in [0.3, 0.4) is 0 Å². The molecule has 0 atom stereocenters. The fourth-order valence-corrected chi connectivity index (χ4v) is 3.33. The summed E-state index contributed by atoms with van der Waals surface area (Å²) in [5.74, 6) is 0.498. The maximum Gasteiger partial charge on any atom is 0.387 e. The Bertz CT molecular complexity index is 1280. The molecule has 4 aromatic rings. The van der Waals surface area contributed by atoms with Crippen molar-refractivity contribution in [1.82, 2.24) is 24.7 Å². The van der Waals surface area contributed by atoms with Gasteiger partial charge in [0.1, 0.15) is 5.75 Å². The molecule has 0 aliphatic carbocycles. The lowest BCUT2D eigenvalue weighted by Crippen LogP contribution is -2.01. The van der Waals surface area contributed by atoms with Gasteiger partial charge in [0, 0.05) is 11.1 Å². The molecular weight excluding hydrogens is 422 g/mol. The van der Waals surface area contributed by atoms with Gasteiger partial charge in [0.15, 0.2) is 5.82 Å². The number of hydrogen-bond donors (Lipinski definition) is 1. The third kappa shape index (κ3) is 4.29. The largest absolute Gasteiger partial charge is 0.435 e. The van der Waals surface area contributed by atoms with Crippen molar-refractivity contribution in [3.63, 3.8) is 0 Å². The lowest BCUT2D eigenvalue weighted by Gasteiger charge is -2.05. The number of ether oxygens (including phenoxy) is 1. The lowest BCUT2D eigenvalue weighted by molar-refractivity contribution is -0.0498. The van der Waals surface area contributed by atoms with Crippen LogP contribution in [0.4, 0.5) is 8.78 Å². The highest BCUT2D eigenvalue weighted by Crippen LogP contribution is 2.22. The lowest BCUT2D eigenvalue weighted by atomic mass is 10.2. The Morgan fingerprint density at radius 3 is 2.48 bits per heavy atom. The maximum atomic E-state index is 12.4. The minimum atomic E-state index is -2.88. The number of aromatic nitrogens is 5. The van der Waals surface area contributed by atoms with Crippen LogP contribution in [0.25, 0.3) is 17.1 Å². The number of aromatic amines is 1. The third-order valence-corrected chi connectivity index (χ3v) is 4.90. The zero-order valence-electron chi connectivity index (χ0n) is 16.7. The smallest absolute Gasteiger partial charge is 0.387 e. The molecule has 0 radical (unpaired) electrons. The number of nitrogens with zero attached hydrogens (tertiary/aromatic N) is 5. The standard InChI is InChI=1S/C21H18F2N6OS/c1-13-18(14(2)28(27-13)16-6-4-3-5-7-16)12-24-29-19(25-26-21(29)31)15-8-10-17(11-9-15)30-20(22)23/h3-12,20H,1-2H3,(H,26,31). The third-order valence-electron chi connectivity index (χ3n) is 4.64. The molecule has 2 heterocycles. The van der Waals surface area contributed by atoms with Gasteiger partial charge in [-0.2, -0.15) is 28.8 Å². The molecule has 1 N–H and O–H groups in total. The van der Waals surface area contributed by atoms with E-state index in [0.29, 0.717) is 16.2 Å². The van der Waals surface area contributed by atoms with E-state index in [1.165, 1.54) is 16.8 Å². The minimum Gasteiger partial charge on any atom is -0.435 e. The van der Waals surface area contributed by atoms with Gasteiger partial charge >= 0.3 is 6.61 Å². The second-order valence-corrected chi connectivity index (χ2v) is 7.03. The molecule has 0 saturated heterocycles. The number of hydrogen-bond acceptors (Lipinski definition) is 5. The van der Waals surface area contributed by atoms with Gasteiger partial charge in [0.05, 0.1) is 23.3 Å². The van der Waals surface area contributed by atoms with E-state index in [1.54, 1.807) is 18.3 Å². The van der Waals surface area contributed by atoms with Gasteiger partial charge in [-0.25, -0.2) is 9.78 Å². The SMILES string of the molecule is Cc1nn(-c2ccccc2)c(C)c1C=Nn1c(-c2ccc(OC(F)F)cc2)n[nH]c1=S. The average Bonchev–Trinajstić information content (AvgIpc) is 3.26. The number of para-hydroxylation sites is 1. The van der Waals surface area contributed by atoms with E-state index in [1.807, 2.05) is 48.9 Å². The Morgan fingerprint density at radius 1 is 1.10 bits per heavy atom. The summed E-state index contributed by atoms with van der Waals surface area (Å²) in [5, 5.41) is 16.0. The molecule has 0 aliphatic rings. The topological polar surface area (TPSA) is 73.0 Å². The molecule has 0 aliphatic heterocycles. The van der Waals surface area contributed by atoms with Crippen molar-refractivity contribution in [1.29, 1.82) is 0 Å². The number of rotatable bonds is 6. The summed E-state index contributed by atoms with van der Waals surface area (Å²) in [5.41, 5.74) is 4.19. The van der Waals surface area contributed by atoms with Crippen LogP contribution < -0.4 is 4.74 Å². The van der Waals surface area contributed by atoms with Gasteiger partial charge in [-0.1, -0.05) is 18.2 Å². The molecule has 10 heteroatoms. The predicted molar refractivity (Wildman–Crippen MR) is 116 cm³/mol. The first-order chi connectivity index (χ1) is 14.9. The van der Waals surface area contributed by atoms with Crippen molar-refractivity contribution in [3.05, 3.63) is 76.3 Å². The van der Waals surface area contributed by atoms with E-state index in [2.05, 4.69) is 25.1 Å². The van der Waals surface area contributed by atoms with E-state index in [4.69, 9.17) is 12.2 Å². The van der Waals surface area contributed by atoms with Gasteiger partial charge in [-0.05, 0) is 62.5 Å². The molecular formula is C21H18F2N6OS. The molecule has 2 aromatic carbocycles. The maximum absolute atomic E-state index is 12.4. The summed E-state index contributed by atoms with van der Waals surface area (Å²) >= 11 is 5.30. The number of alkyl halides is 2. The summed E-state index contributed by atoms with van der Waals surface area (Å²) in [4.78, 5) is 0. The van der Waals surface area contributed by atoms with Crippen LogP contribution in [0, 0.1) is 18.6 Å². The predicted octanol–water partition coefficient (Wildman–Crippen LogP) is 4.89. The molecule has 2 aromatic heterocycles. The Balaban J connectivity index is 1.66. The highest BCUT2D eigenvalue weighted by molar-refractivity contribution is 7.71. The average molecular weight is 440 g/mol. The Kier molecular flexibility index (Phi) is 5.72. The van der Waals surface area contributed by atoms with E-state index < -0.39 is 6.61 Å². The number of halogens is 2. The van der Waals surface area contributed by atoms with Crippen LogP contribution >= 0.6 is 12.2 Å². The van der Waals surface area contributed by atoms with Gasteiger partial charge < -0.3 is 4.74 Å². The van der Waals surface area contributed by atoms with Crippen molar-refractivity contribution < 1.29 is 13.5 Å². The quantitative estimate of drug-likeness (QED) is 0.342. The minimum absolute atomic E-state index is 0.0579. The summed E-state index contributed by atoms with van der Waals surface area (Å²) < 4.78 is 32.7. The van der Waals surface area contributed by atoms with Crippen LogP contribution in [0.5, 0.6) is 5.75 Å². The highest BCUT2D eigenvalue weighted by Gasteiger charge is 2.13. The number of H-pyrrole nitrogens is 1. The molecule has 0 fully saturated rings. The second kappa shape index (κ2) is 8.60. The molecule has 0 saturated carbocycles. The van der Waals surface area contributed by atoms with E-state index >= 15 is 0 Å². The molecule has 158 valence electrons. The summed E-state index contributed by atoms with van der Waals surface area (Å²) in [6.45, 7) is 0.991. The van der Waals surface area contributed by atoms with Crippen LogP contribution in [-0.2, 0) is 0 Å².